The largest absolute Gasteiger partial charge is 0.493 e. The topological polar surface area (TPSA) is 60.2 Å². The first-order valence-electron chi connectivity index (χ1n) is 7.70. The summed E-state index contributed by atoms with van der Waals surface area (Å²) in [7, 11) is 0. The van der Waals surface area contributed by atoms with Crippen LogP contribution in [0, 0.1) is 0 Å². The van der Waals surface area contributed by atoms with E-state index in [4.69, 9.17) is 9.26 Å². The molecule has 5 heteroatoms. The first kappa shape index (κ1) is 12.8. The zero-order valence-electron chi connectivity index (χ0n) is 11.9. The Balaban J connectivity index is 1.61. The molecule has 21 heavy (non-hydrogen) atoms. The highest BCUT2D eigenvalue weighted by Gasteiger charge is 2.29. The molecule has 3 heterocycles. The monoisotopic (exact) mass is 285 g/mol. The molecule has 0 spiro atoms. The third kappa shape index (κ3) is 2.42. The lowest BCUT2D eigenvalue weighted by Gasteiger charge is -2.23. The van der Waals surface area contributed by atoms with Crippen LogP contribution in [0.1, 0.15) is 54.9 Å². The van der Waals surface area contributed by atoms with E-state index >= 15 is 0 Å². The maximum absolute atomic E-state index is 5.70. The van der Waals surface area contributed by atoms with Crippen molar-refractivity contribution in [2.75, 3.05) is 13.2 Å². The minimum absolute atomic E-state index is 0.153. The molecule has 1 N–H and O–H groups in total. The molecular formula is C16H19N3O2. The second-order valence-electron chi connectivity index (χ2n) is 5.72. The molecule has 2 aliphatic heterocycles. The van der Waals surface area contributed by atoms with Crippen LogP contribution in [0.4, 0.5) is 0 Å². The number of ether oxygens (including phenoxy) is 1. The van der Waals surface area contributed by atoms with Crippen LogP contribution in [0.25, 0.3) is 0 Å². The number of rotatable bonds is 2. The van der Waals surface area contributed by atoms with Gasteiger partial charge in [-0.05, 0) is 31.9 Å². The Morgan fingerprint density at radius 1 is 1.14 bits per heavy atom. The van der Waals surface area contributed by atoms with Crippen LogP contribution >= 0.6 is 0 Å². The fraction of sp³-hybridized carbons (Fsp3) is 0.500. The summed E-state index contributed by atoms with van der Waals surface area (Å²) in [5.41, 5.74) is 1.15. The Kier molecular flexibility index (Phi) is 3.35. The Morgan fingerprint density at radius 3 is 3.00 bits per heavy atom. The zero-order valence-corrected chi connectivity index (χ0v) is 11.9. The van der Waals surface area contributed by atoms with Crippen molar-refractivity contribution in [3.8, 4) is 5.75 Å². The number of aromatic nitrogens is 2. The van der Waals surface area contributed by atoms with Gasteiger partial charge < -0.3 is 14.6 Å². The summed E-state index contributed by atoms with van der Waals surface area (Å²) >= 11 is 0. The minimum Gasteiger partial charge on any atom is -0.493 e. The second kappa shape index (κ2) is 5.48. The fourth-order valence-electron chi connectivity index (χ4n) is 3.20. The molecule has 1 fully saturated rings. The number of nitrogens with zero attached hydrogens (tertiary/aromatic N) is 2. The number of piperidine rings is 1. The molecule has 2 unspecified atom stereocenters. The molecule has 2 atom stereocenters. The molecular weight excluding hydrogens is 266 g/mol. The summed E-state index contributed by atoms with van der Waals surface area (Å²) in [6.45, 7) is 1.73. The molecule has 0 radical (unpaired) electrons. The Bertz CT molecular complexity index is 619. The minimum atomic E-state index is 0.153. The van der Waals surface area contributed by atoms with Gasteiger partial charge >= 0.3 is 0 Å². The summed E-state index contributed by atoms with van der Waals surface area (Å²) < 4.78 is 11.3. The van der Waals surface area contributed by atoms with Gasteiger partial charge in [-0.2, -0.15) is 4.98 Å². The first-order chi connectivity index (χ1) is 10.4. The second-order valence-corrected chi connectivity index (χ2v) is 5.72. The number of para-hydroxylation sites is 1. The van der Waals surface area contributed by atoms with Crippen LogP contribution in [0.15, 0.2) is 28.8 Å². The van der Waals surface area contributed by atoms with Gasteiger partial charge in [0, 0.05) is 5.56 Å². The number of nitrogens with one attached hydrogen (secondary N) is 1. The molecule has 0 bridgehead atoms. The van der Waals surface area contributed by atoms with Crippen molar-refractivity contribution in [1.29, 1.82) is 0 Å². The molecule has 0 saturated carbocycles. The van der Waals surface area contributed by atoms with Gasteiger partial charge in [0.1, 0.15) is 5.75 Å². The van der Waals surface area contributed by atoms with E-state index in [1.54, 1.807) is 0 Å². The molecule has 1 saturated heterocycles. The maximum atomic E-state index is 5.70. The van der Waals surface area contributed by atoms with Crippen molar-refractivity contribution in [1.82, 2.24) is 15.5 Å². The van der Waals surface area contributed by atoms with Crippen molar-refractivity contribution in [2.24, 2.45) is 0 Å². The van der Waals surface area contributed by atoms with Crippen molar-refractivity contribution in [3.63, 3.8) is 0 Å². The lowest BCUT2D eigenvalue weighted by Crippen LogP contribution is -2.27. The van der Waals surface area contributed by atoms with E-state index in [-0.39, 0.29) is 12.0 Å². The van der Waals surface area contributed by atoms with Gasteiger partial charge in [-0.15, -0.1) is 0 Å². The summed E-state index contributed by atoms with van der Waals surface area (Å²) in [6, 6.07) is 8.35. The first-order valence-corrected chi connectivity index (χ1v) is 7.70. The Hall–Kier alpha value is -1.88. The van der Waals surface area contributed by atoms with Crippen molar-refractivity contribution in [2.45, 2.75) is 37.6 Å². The van der Waals surface area contributed by atoms with Gasteiger partial charge in [0.15, 0.2) is 5.82 Å². The van der Waals surface area contributed by atoms with Crippen molar-refractivity contribution < 1.29 is 9.26 Å². The van der Waals surface area contributed by atoms with Gasteiger partial charge in [-0.25, -0.2) is 0 Å². The molecule has 110 valence electrons. The van der Waals surface area contributed by atoms with Crippen LogP contribution in [0.3, 0.4) is 0 Å². The van der Waals surface area contributed by atoms with Crippen LogP contribution in [0.5, 0.6) is 5.75 Å². The predicted octanol–water partition coefficient (Wildman–Crippen LogP) is 2.80. The van der Waals surface area contributed by atoms with Crippen LogP contribution in [-0.4, -0.2) is 23.3 Å². The fourth-order valence-corrected chi connectivity index (χ4v) is 3.20. The Labute approximate surface area is 123 Å². The number of hydrogen-bond acceptors (Lipinski definition) is 5. The molecule has 1 aromatic heterocycles. The van der Waals surface area contributed by atoms with E-state index in [9.17, 15) is 0 Å². The highest BCUT2D eigenvalue weighted by Crippen LogP contribution is 2.37. The quantitative estimate of drug-likeness (QED) is 0.919. The predicted molar refractivity (Wildman–Crippen MR) is 77.3 cm³/mol. The lowest BCUT2D eigenvalue weighted by molar-refractivity contribution is 0.256. The molecule has 0 amide bonds. The van der Waals surface area contributed by atoms with Crippen LogP contribution < -0.4 is 10.1 Å². The normalized spacial score (nSPS) is 25.1. The van der Waals surface area contributed by atoms with Gasteiger partial charge in [0.2, 0.25) is 5.89 Å². The van der Waals surface area contributed by atoms with Crippen molar-refractivity contribution in [3.05, 3.63) is 41.5 Å². The summed E-state index contributed by atoms with van der Waals surface area (Å²) in [5, 5.41) is 7.66. The van der Waals surface area contributed by atoms with Gasteiger partial charge in [-0.3, -0.25) is 0 Å². The third-order valence-corrected chi connectivity index (χ3v) is 4.34. The molecule has 1 aromatic carbocycles. The van der Waals surface area contributed by atoms with Crippen molar-refractivity contribution >= 4 is 0 Å². The molecule has 5 nitrogen and oxygen atoms in total. The molecule has 4 rings (SSSR count). The highest BCUT2D eigenvalue weighted by atomic mass is 16.5. The number of hydrogen-bond donors (Lipinski definition) is 1. The molecule has 2 aromatic rings. The average Bonchev–Trinajstić information content (AvgIpc) is 3.05. The summed E-state index contributed by atoms with van der Waals surface area (Å²) in [4.78, 5) is 4.66. The number of fused-ring (bicyclic) bond motifs is 1. The highest BCUT2D eigenvalue weighted by molar-refractivity contribution is 5.40. The third-order valence-electron chi connectivity index (χ3n) is 4.34. The van der Waals surface area contributed by atoms with E-state index in [0.717, 1.165) is 36.5 Å². The van der Waals surface area contributed by atoms with E-state index in [1.807, 2.05) is 18.2 Å². The average molecular weight is 285 g/mol. The van der Waals surface area contributed by atoms with Crippen LogP contribution in [0.2, 0.25) is 0 Å². The van der Waals surface area contributed by atoms with E-state index in [0.29, 0.717) is 12.5 Å². The smallest absolute Gasteiger partial charge is 0.234 e. The van der Waals surface area contributed by atoms with Crippen LogP contribution in [-0.2, 0) is 0 Å². The Morgan fingerprint density at radius 2 is 2.10 bits per heavy atom. The number of benzene rings is 1. The SMILES string of the molecule is c1ccc2c(c1)OCCC2c1nc(C2CCCCN2)no1. The van der Waals surface area contributed by atoms with Gasteiger partial charge in [0.05, 0.1) is 18.6 Å². The summed E-state index contributed by atoms with van der Waals surface area (Å²) in [5.74, 6) is 2.60. The molecule has 2 aliphatic rings. The van der Waals surface area contributed by atoms with E-state index < -0.39 is 0 Å². The lowest BCUT2D eigenvalue weighted by atomic mass is 9.93. The van der Waals surface area contributed by atoms with E-state index in [2.05, 4.69) is 21.5 Å². The maximum Gasteiger partial charge on any atom is 0.234 e. The molecule has 0 aliphatic carbocycles. The summed E-state index contributed by atoms with van der Waals surface area (Å²) in [6.07, 6.45) is 4.43. The van der Waals surface area contributed by atoms with E-state index in [1.165, 1.54) is 12.8 Å². The standard InChI is InChI=1S/C16H19N3O2/c1-2-7-14-11(5-1)12(8-10-20-14)16-18-15(19-21-16)13-6-3-4-9-17-13/h1-2,5,7,12-13,17H,3-4,6,8-10H2. The van der Waals surface area contributed by atoms with Gasteiger partial charge in [-0.1, -0.05) is 29.8 Å². The van der Waals surface area contributed by atoms with Gasteiger partial charge in [0.25, 0.3) is 0 Å². The zero-order chi connectivity index (χ0) is 14.1.